The number of halogens is 14. The van der Waals surface area contributed by atoms with Crippen LogP contribution in [0, 0.1) is 137 Å². The second kappa shape index (κ2) is 17.3. The van der Waals surface area contributed by atoms with Crippen molar-refractivity contribution in [3.05, 3.63) is 173 Å². The van der Waals surface area contributed by atoms with Crippen LogP contribution in [0.5, 0.6) is 0 Å². The van der Waals surface area contributed by atoms with E-state index in [-0.39, 0.29) is 0 Å². The Balaban J connectivity index is 1.72. The van der Waals surface area contributed by atoms with E-state index in [0.717, 1.165) is 12.1 Å². The molecule has 0 N–H and O–H groups in total. The Labute approximate surface area is 382 Å². The normalized spacial score (nSPS) is 15.8. The third kappa shape index (κ3) is 6.98. The smallest absolute Gasteiger partial charge is 0.203 e. The van der Waals surface area contributed by atoms with Gasteiger partial charge in [0, 0.05) is 34.1 Å². The molecule has 5 aromatic rings. The van der Waals surface area contributed by atoms with E-state index in [1.54, 1.807) is 24.3 Å². The molecule has 342 valence electrons. The van der Waals surface area contributed by atoms with E-state index in [1.165, 1.54) is 12.1 Å². The molecule has 0 fully saturated rings. The topological polar surface area (TPSA) is 190 Å². The number of hydrogen-bond acceptors (Lipinski definition) is 8. The number of alkyl halides is 6. The molecule has 2 aliphatic rings. The van der Waals surface area contributed by atoms with E-state index >= 15 is 35.1 Å². The van der Waals surface area contributed by atoms with Gasteiger partial charge in [-0.1, -0.05) is 24.3 Å². The van der Waals surface area contributed by atoms with Crippen molar-refractivity contribution in [3.63, 3.8) is 0 Å². The van der Waals surface area contributed by atoms with Crippen molar-refractivity contribution in [2.45, 2.75) is 36.0 Å². The van der Waals surface area contributed by atoms with Crippen molar-refractivity contribution >= 4 is 22.3 Å². The predicted molar refractivity (Wildman–Crippen MR) is 208 cm³/mol. The lowest BCUT2D eigenvalue weighted by molar-refractivity contribution is -0.138. The maximum atomic E-state index is 16.1. The van der Waals surface area contributed by atoms with E-state index in [4.69, 9.17) is 0 Å². The van der Waals surface area contributed by atoms with Crippen LogP contribution in [0.3, 0.4) is 0 Å². The predicted octanol–water partition coefficient (Wildman–Crippen LogP) is 12.0. The first-order valence-electron chi connectivity index (χ1n) is 19.1. The number of hydrogen-bond donors (Lipinski definition) is 0. The summed E-state index contributed by atoms with van der Waals surface area (Å²) < 4.78 is 209. The molecule has 0 heterocycles. The summed E-state index contributed by atoms with van der Waals surface area (Å²) in [7, 11) is 0. The van der Waals surface area contributed by atoms with Gasteiger partial charge in [0.2, 0.25) is 0 Å². The number of nitriles is 8. The molecule has 0 saturated carbocycles. The van der Waals surface area contributed by atoms with Gasteiger partial charge in [-0.3, -0.25) is 0 Å². The van der Waals surface area contributed by atoms with E-state index in [1.807, 2.05) is 0 Å². The monoisotopic (exact) mass is 966 g/mol. The Bertz CT molecular complexity index is 3310. The number of rotatable bonds is 6. The van der Waals surface area contributed by atoms with Gasteiger partial charge < -0.3 is 0 Å². The van der Waals surface area contributed by atoms with Crippen LogP contribution in [0.4, 0.5) is 61.5 Å². The molecule has 4 atom stereocenters. The number of nitrogens with zero attached hydrogens (tertiary/aromatic N) is 8. The van der Waals surface area contributed by atoms with Gasteiger partial charge in [-0.15, -0.1) is 0 Å². The first-order chi connectivity index (χ1) is 33.1. The summed E-state index contributed by atoms with van der Waals surface area (Å²) in [6.07, 6.45) is -10.1. The van der Waals surface area contributed by atoms with Gasteiger partial charge in [0.05, 0.1) is 57.4 Å². The average Bonchev–Trinajstić information content (AvgIpc) is 3.85. The second-order valence-corrected chi connectivity index (χ2v) is 15.0. The van der Waals surface area contributed by atoms with Crippen molar-refractivity contribution in [3.8, 4) is 48.6 Å². The minimum Gasteiger partial charge on any atom is -0.203 e. The van der Waals surface area contributed by atoms with Gasteiger partial charge in [0.1, 0.15) is 47.5 Å². The second-order valence-electron chi connectivity index (χ2n) is 15.0. The van der Waals surface area contributed by atoms with Crippen molar-refractivity contribution in [1.82, 2.24) is 0 Å². The highest BCUT2D eigenvalue weighted by Crippen LogP contribution is 2.62. The Kier molecular flexibility index (Phi) is 12.0. The van der Waals surface area contributed by atoms with Crippen LogP contribution in [-0.4, -0.2) is 0 Å². The molecule has 0 radical (unpaired) electrons. The Morgan fingerprint density at radius 3 is 0.857 bits per heavy atom. The zero-order chi connectivity index (χ0) is 51.6. The Morgan fingerprint density at radius 2 is 0.643 bits per heavy atom. The molecule has 70 heavy (non-hydrogen) atoms. The fourth-order valence-corrected chi connectivity index (χ4v) is 8.91. The zero-order valence-electron chi connectivity index (χ0n) is 33.8. The molecule has 0 aromatic heterocycles. The minimum atomic E-state index is -5.05. The maximum absolute atomic E-state index is 16.1. The van der Waals surface area contributed by atoms with Gasteiger partial charge in [-0.05, 0) is 57.7 Å². The highest BCUT2D eigenvalue weighted by Gasteiger charge is 2.51. The van der Waals surface area contributed by atoms with Gasteiger partial charge >= 0.3 is 12.4 Å². The summed E-state index contributed by atoms with van der Waals surface area (Å²) in [5.74, 6) is -29.6. The molecule has 4 unspecified atom stereocenters. The number of fused-ring (bicyclic) bond motifs is 2. The van der Waals surface area contributed by atoms with Crippen LogP contribution in [0.2, 0.25) is 0 Å². The zero-order valence-corrected chi connectivity index (χ0v) is 33.8. The van der Waals surface area contributed by atoms with Crippen molar-refractivity contribution in [2.75, 3.05) is 0 Å². The molecule has 8 nitrogen and oxygen atoms in total. The number of benzene rings is 5. The lowest BCUT2D eigenvalue weighted by Crippen LogP contribution is -2.20. The SMILES string of the molecule is N#CC1=C(c2ccc(C(F)(F)F)cc2)C(C(C#N)c2c(F)c(F)c(C#N)c(F)c2F)c2c(C#N)c3c(c(C#N)c21)C(C(C#N)c1c(F)c(F)c(C#N)c(F)c1F)C(c1ccc(C(F)(F)F)cc1)=C3C#N. The minimum absolute atomic E-state index is 0.400. The Morgan fingerprint density at radius 1 is 0.371 bits per heavy atom. The van der Waals surface area contributed by atoms with Crippen molar-refractivity contribution in [1.29, 1.82) is 42.1 Å². The summed E-state index contributed by atoms with van der Waals surface area (Å²) in [6, 6.07) is 15.0. The number of allylic oxidation sites excluding steroid dienone is 4. The van der Waals surface area contributed by atoms with E-state index in [2.05, 4.69) is 0 Å². The molecule has 0 bridgehead atoms. The van der Waals surface area contributed by atoms with Crippen LogP contribution in [-0.2, 0) is 12.4 Å². The van der Waals surface area contributed by atoms with Crippen molar-refractivity contribution in [2.24, 2.45) is 0 Å². The third-order valence-electron chi connectivity index (χ3n) is 11.7. The fraction of sp³-hybridized carbons (Fsp3) is 0.125. The van der Waals surface area contributed by atoms with E-state index in [0.29, 0.717) is 48.5 Å². The van der Waals surface area contributed by atoms with Gasteiger partial charge in [0.15, 0.2) is 46.5 Å². The molecule has 0 amide bonds. The summed E-state index contributed by atoms with van der Waals surface area (Å²) in [4.78, 5) is 0. The van der Waals surface area contributed by atoms with E-state index in [9.17, 15) is 68.4 Å². The largest absolute Gasteiger partial charge is 0.416 e. The molecular weight excluding hydrogens is 955 g/mol. The van der Waals surface area contributed by atoms with Gasteiger partial charge in [-0.2, -0.15) is 68.4 Å². The average molecular weight is 967 g/mol. The fourth-order valence-electron chi connectivity index (χ4n) is 8.91. The van der Waals surface area contributed by atoms with E-state index < -0.39 is 183 Å². The highest BCUT2D eigenvalue weighted by atomic mass is 19.4. The molecule has 7 rings (SSSR count). The molecule has 0 saturated heterocycles. The quantitative estimate of drug-likeness (QED) is 0.119. The van der Waals surface area contributed by atoms with Crippen LogP contribution < -0.4 is 0 Å². The van der Waals surface area contributed by atoms with Crippen LogP contribution in [0.1, 0.15) is 102 Å². The summed E-state index contributed by atoms with van der Waals surface area (Å²) in [5, 5.41) is 83.9. The third-order valence-corrected chi connectivity index (χ3v) is 11.7. The first kappa shape index (κ1) is 48.5. The molecule has 2 aliphatic carbocycles. The van der Waals surface area contributed by atoms with Crippen LogP contribution in [0.25, 0.3) is 22.3 Å². The standard InChI is InChI=1S/C48H12F14N8/c49-39-27(15-69)40(50)44(54)37(43(39)53)25(13-67)33-29(17-1-5-19(6-2-17)47(57,58)59)21(9-63)31-23(11-65)36-32(24(12-66)35(31)33)22(10-64)30(18-3-7-20(8-4-18)48(60,61)62)34(36)26(14-68)38-45(55)41(51)28(16-70)42(52)46(38)56/h1-8,25-26,33-34H. The molecule has 0 aliphatic heterocycles. The summed E-state index contributed by atoms with van der Waals surface area (Å²) >= 11 is 0. The molecular formula is C48H12F14N8. The van der Waals surface area contributed by atoms with Crippen LogP contribution in [0.15, 0.2) is 48.5 Å². The first-order valence-corrected chi connectivity index (χ1v) is 19.1. The molecule has 0 spiro atoms. The molecule has 5 aromatic carbocycles. The van der Waals surface area contributed by atoms with Crippen LogP contribution >= 0.6 is 0 Å². The van der Waals surface area contributed by atoms with Gasteiger partial charge in [0.25, 0.3) is 0 Å². The highest BCUT2D eigenvalue weighted by molar-refractivity contribution is 6.13. The summed E-state index contributed by atoms with van der Waals surface area (Å²) in [5.41, 5.74) is -20.6. The van der Waals surface area contributed by atoms with Crippen molar-refractivity contribution < 1.29 is 61.5 Å². The Hall–Kier alpha value is -9.48. The van der Waals surface area contributed by atoms with Gasteiger partial charge in [-0.25, -0.2) is 35.1 Å². The molecule has 22 heteroatoms. The lowest BCUT2D eigenvalue weighted by atomic mass is 9.72. The summed E-state index contributed by atoms with van der Waals surface area (Å²) in [6.45, 7) is 0. The maximum Gasteiger partial charge on any atom is 0.416 e. The lowest BCUT2D eigenvalue weighted by Gasteiger charge is -2.27.